The van der Waals surface area contributed by atoms with E-state index in [2.05, 4.69) is 16.6 Å². The zero-order chi connectivity index (χ0) is 12.0. The van der Waals surface area contributed by atoms with Crippen LogP contribution in [0.25, 0.3) is 0 Å². The van der Waals surface area contributed by atoms with E-state index in [1.54, 1.807) is 0 Å². The lowest BCUT2D eigenvalue weighted by Gasteiger charge is -2.08. The predicted molar refractivity (Wildman–Crippen MR) is 61.0 cm³/mol. The number of carbonyl (C=O) groups excluding carboxylic acids is 1. The molecule has 0 aliphatic heterocycles. The zero-order valence-electron chi connectivity index (χ0n) is 9.33. The van der Waals surface area contributed by atoms with Crippen molar-refractivity contribution in [3.63, 3.8) is 0 Å². The van der Waals surface area contributed by atoms with Gasteiger partial charge in [-0.1, -0.05) is 24.9 Å². The van der Waals surface area contributed by atoms with Gasteiger partial charge in [0.05, 0.1) is 18.7 Å². The van der Waals surface area contributed by atoms with Crippen LogP contribution >= 0.6 is 11.6 Å². The van der Waals surface area contributed by atoms with Crippen LogP contribution < -0.4 is 4.74 Å². The number of hydrogen-bond acceptors (Lipinski definition) is 4. The summed E-state index contributed by atoms with van der Waals surface area (Å²) in [6.07, 6.45) is 3.36. The number of pyridine rings is 1. The van der Waals surface area contributed by atoms with E-state index in [0.29, 0.717) is 11.6 Å². The first-order valence-corrected chi connectivity index (χ1v) is 5.43. The average molecular weight is 244 g/mol. The van der Waals surface area contributed by atoms with Crippen molar-refractivity contribution < 1.29 is 14.3 Å². The number of carbonyl (C=O) groups is 1. The van der Waals surface area contributed by atoms with Gasteiger partial charge in [0, 0.05) is 6.20 Å². The van der Waals surface area contributed by atoms with E-state index in [1.165, 1.54) is 19.4 Å². The minimum Gasteiger partial charge on any atom is -0.477 e. The Balaban J connectivity index is 2.85. The standard InChI is InChI=1S/C11H14ClNO3/c1-3-4-5-16-10-9(11(14)15-2)6-8(12)7-13-10/h6-7H,3-5H2,1-2H3. The molecule has 0 atom stereocenters. The molecule has 1 aromatic heterocycles. The minimum atomic E-state index is -0.499. The Labute approximate surface area is 99.5 Å². The van der Waals surface area contributed by atoms with Crippen LogP contribution in [-0.4, -0.2) is 24.7 Å². The molecule has 1 aromatic rings. The van der Waals surface area contributed by atoms with Gasteiger partial charge < -0.3 is 9.47 Å². The highest BCUT2D eigenvalue weighted by Gasteiger charge is 2.15. The second-order valence-electron chi connectivity index (χ2n) is 3.20. The molecule has 0 amide bonds. The summed E-state index contributed by atoms with van der Waals surface area (Å²) in [5.41, 5.74) is 0.256. The number of unbranched alkanes of at least 4 members (excludes halogenated alkanes) is 1. The Bertz CT molecular complexity index is 368. The fourth-order valence-corrected chi connectivity index (χ4v) is 1.27. The first-order valence-electron chi connectivity index (χ1n) is 5.05. The number of methoxy groups -OCH3 is 1. The lowest BCUT2D eigenvalue weighted by molar-refractivity contribution is 0.0595. The van der Waals surface area contributed by atoms with Gasteiger partial charge in [-0.25, -0.2) is 9.78 Å². The lowest BCUT2D eigenvalue weighted by atomic mass is 10.3. The fourth-order valence-electron chi connectivity index (χ4n) is 1.11. The SMILES string of the molecule is CCCCOc1ncc(Cl)cc1C(=O)OC. The number of hydrogen-bond donors (Lipinski definition) is 0. The summed E-state index contributed by atoms with van der Waals surface area (Å²) in [4.78, 5) is 15.4. The quantitative estimate of drug-likeness (QED) is 0.589. The third-order valence-electron chi connectivity index (χ3n) is 1.96. The van der Waals surface area contributed by atoms with Crippen molar-refractivity contribution in [2.45, 2.75) is 19.8 Å². The van der Waals surface area contributed by atoms with Crippen molar-refractivity contribution in [3.05, 3.63) is 22.8 Å². The van der Waals surface area contributed by atoms with Gasteiger partial charge in [-0.2, -0.15) is 0 Å². The summed E-state index contributed by atoms with van der Waals surface area (Å²) in [6.45, 7) is 2.58. The van der Waals surface area contributed by atoms with E-state index in [9.17, 15) is 4.79 Å². The Hall–Kier alpha value is -1.29. The number of nitrogens with zero attached hydrogens (tertiary/aromatic N) is 1. The van der Waals surface area contributed by atoms with Gasteiger partial charge in [-0.3, -0.25) is 0 Å². The van der Waals surface area contributed by atoms with Gasteiger partial charge in [0.2, 0.25) is 5.88 Å². The van der Waals surface area contributed by atoms with E-state index in [1.807, 2.05) is 0 Å². The third kappa shape index (κ3) is 3.38. The van der Waals surface area contributed by atoms with Crippen molar-refractivity contribution in [2.24, 2.45) is 0 Å². The Morgan fingerprint density at radius 2 is 2.31 bits per heavy atom. The highest BCUT2D eigenvalue weighted by Crippen LogP contribution is 2.20. The summed E-state index contributed by atoms with van der Waals surface area (Å²) < 4.78 is 10.0. The lowest BCUT2D eigenvalue weighted by Crippen LogP contribution is -2.08. The molecule has 0 saturated carbocycles. The van der Waals surface area contributed by atoms with Crippen LogP contribution in [0.1, 0.15) is 30.1 Å². The monoisotopic (exact) mass is 243 g/mol. The molecule has 0 aliphatic rings. The average Bonchev–Trinajstić information content (AvgIpc) is 2.30. The number of halogens is 1. The summed E-state index contributed by atoms with van der Waals surface area (Å²) in [6, 6.07) is 1.49. The van der Waals surface area contributed by atoms with Gasteiger partial charge in [0.15, 0.2) is 0 Å². The molecule has 0 fully saturated rings. The van der Waals surface area contributed by atoms with Crippen molar-refractivity contribution in [1.82, 2.24) is 4.98 Å². The summed E-state index contributed by atoms with van der Waals surface area (Å²) >= 11 is 5.75. The van der Waals surface area contributed by atoms with Gasteiger partial charge in [-0.15, -0.1) is 0 Å². The van der Waals surface area contributed by atoms with Gasteiger partial charge >= 0.3 is 5.97 Å². The van der Waals surface area contributed by atoms with Crippen LogP contribution in [-0.2, 0) is 4.74 Å². The first kappa shape index (κ1) is 12.8. The first-order chi connectivity index (χ1) is 7.69. The molecule has 5 heteroatoms. The molecule has 0 bridgehead atoms. The second kappa shape index (κ2) is 6.33. The highest BCUT2D eigenvalue weighted by molar-refractivity contribution is 6.30. The Kier molecular flexibility index (Phi) is 5.05. The van der Waals surface area contributed by atoms with E-state index >= 15 is 0 Å². The smallest absolute Gasteiger partial charge is 0.343 e. The molecule has 1 heterocycles. The fraction of sp³-hybridized carbons (Fsp3) is 0.455. The molecule has 0 spiro atoms. The molecule has 0 radical (unpaired) electrons. The van der Waals surface area contributed by atoms with Crippen LogP contribution in [0.4, 0.5) is 0 Å². The van der Waals surface area contributed by atoms with Crippen LogP contribution in [0.5, 0.6) is 5.88 Å². The zero-order valence-corrected chi connectivity index (χ0v) is 10.1. The maximum atomic E-state index is 11.4. The molecule has 0 aliphatic carbocycles. The number of ether oxygens (including phenoxy) is 2. The van der Waals surface area contributed by atoms with Crippen LogP contribution in [0.3, 0.4) is 0 Å². The molecule has 4 nitrogen and oxygen atoms in total. The second-order valence-corrected chi connectivity index (χ2v) is 3.64. The van der Waals surface area contributed by atoms with Crippen molar-refractivity contribution in [2.75, 3.05) is 13.7 Å². The molecule has 88 valence electrons. The third-order valence-corrected chi connectivity index (χ3v) is 2.17. The predicted octanol–water partition coefficient (Wildman–Crippen LogP) is 2.70. The molecular weight excluding hydrogens is 230 g/mol. The van der Waals surface area contributed by atoms with E-state index < -0.39 is 5.97 Å². The van der Waals surface area contributed by atoms with Crippen LogP contribution in [0, 0.1) is 0 Å². The summed E-state index contributed by atoms with van der Waals surface area (Å²) in [7, 11) is 1.30. The van der Waals surface area contributed by atoms with Crippen molar-refractivity contribution in [3.8, 4) is 5.88 Å². The molecule has 16 heavy (non-hydrogen) atoms. The van der Waals surface area contributed by atoms with E-state index in [0.717, 1.165) is 12.8 Å². The minimum absolute atomic E-state index is 0.256. The highest BCUT2D eigenvalue weighted by atomic mass is 35.5. The molecule has 1 rings (SSSR count). The topological polar surface area (TPSA) is 48.4 Å². The van der Waals surface area contributed by atoms with Crippen LogP contribution in [0.2, 0.25) is 5.02 Å². The summed E-state index contributed by atoms with van der Waals surface area (Å²) in [5.74, 6) is -0.230. The molecule has 0 N–H and O–H groups in total. The van der Waals surface area contributed by atoms with Gasteiger partial charge in [0.1, 0.15) is 5.56 Å². The van der Waals surface area contributed by atoms with Crippen molar-refractivity contribution >= 4 is 17.6 Å². The summed E-state index contributed by atoms with van der Waals surface area (Å²) in [5, 5.41) is 0.378. The van der Waals surface area contributed by atoms with Crippen molar-refractivity contribution in [1.29, 1.82) is 0 Å². The van der Waals surface area contributed by atoms with Crippen LogP contribution in [0.15, 0.2) is 12.3 Å². The van der Waals surface area contributed by atoms with E-state index in [-0.39, 0.29) is 11.4 Å². The Morgan fingerprint density at radius 3 is 2.94 bits per heavy atom. The Morgan fingerprint density at radius 1 is 1.56 bits per heavy atom. The maximum Gasteiger partial charge on any atom is 0.343 e. The van der Waals surface area contributed by atoms with E-state index in [4.69, 9.17) is 16.3 Å². The molecule has 0 saturated heterocycles. The number of esters is 1. The van der Waals surface area contributed by atoms with Gasteiger partial charge in [-0.05, 0) is 12.5 Å². The number of aromatic nitrogens is 1. The molecule has 0 unspecified atom stereocenters. The molecular formula is C11H14ClNO3. The maximum absolute atomic E-state index is 11.4. The normalized spacial score (nSPS) is 9.94. The molecule has 0 aromatic carbocycles. The number of rotatable bonds is 5. The van der Waals surface area contributed by atoms with Gasteiger partial charge in [0.25, 0.3) is 0 Å². The largest absolute Gasteiger partial charge is 0.477 e.